The number of amides is 1. The van der Waals surface area contributed by atoms with E-state index in [1.165, 1.54) is 18.9 Å². The number of hydrogen-bond donors (Lipinski definition) is 2. The lowest BCUT2D eigenvalue weighted by molar-refractivity contribution is -0.120. The summed E-state index contributed by atoms with van der Waals surface area (Å²) in [5.41, 5.74) is 6.63. The van der Waals surface area contributed by atoms with Crippen LogP contribution in [0.15, 0.2) is 18.2 Å². The second-order valence-electron chi connectivity index (χ2n) is 4.70. The Morgan fingerprint density at radius 3 is 2.82 bits per heavy atom. The zero-order valence-corrected chi connectivity index (χ0v) is 9.87. The quantitative estimate of drug-likeness (QED) is 0.817. The first-order valence-corrected chi connectivity index (χ1v) is 5.86. The van der Waals surface area contributed by atoms with Crippen molar-refractivity contribution in [2.24, 2.45) is 11.7 Å². The Balaban J connectivity index is 2.12. The van der Waals surface area contributed by atoms with Crippen molar-refractivity contribution in [3.8, 4) is 0 Å². The van der Waals surface area contributed by atoms with Gasteiger partial charge in [0, 0.05) is 0 Å². The largest absolute Gasteiger partial charge is 0.368 e. The van der Waals surface area contributed by atoms with Crippen LogP contribution in [0.2, 0.25) is 0 Å². The number of hydrogen-bond acceptors (Lipinski definition) is 2. The van der Waals surface area contributed by atoms with Crippen molar-refractivity contribution >= 4 is 5.91 Å². The van der Waals surface area contributed by atoms with Crippen molar-refractivity contribution in [1.29, 1.82) is 0 Å². The Morgan fingerprint density at radius 2 is 2.29 bits per heavy atom. The summed E-state index contributed by atoms with van der Waals surface area (Å²) in [7, 11) is 0. The minimum Gasteiger partial charge on any atom is -0.368 e. The number of carbonyl (C=O) groups excluding carboxylic acids is 1. The fourth-order valence-electron chi connectivity index (χ4n) is 1.84. The molecule has 1 aliphatic carbocycles. The van der Waals surface area contributed by atoms with Crippen molar-refractivity contribution in [2.45, 2.75) is 25.8 Å². The number of nitrogens with one attached hydrogen (secondary N) is 1. The molecule has 2 rings (SSSR count). The summed E-state index contributed by atoms with van der Waals surface area (Å²) in [5, 5.41) is 3.15. The monoisotopic (exact) mass is 236 g/mol. The maximum atomic E-state index is 13.2. The maximum absolute atomic E-state index is 13.2. The van der Waals surface area contributed by atoms with Gasteiger partial charge in [0.1, 0.15) is 11.9 Å². The molecule has 3 N–H and O–H groups in total. The summed E-state index contributed by atoms with van der Waals surface area (Å²) >= 11 is 0. The number of aryl methyl sites for hydroxylation is 1. The molecule has 0 saturated heterocycles. The van der Waals surface area contributed by atoms with Gasteiger partial charge < -0.3 is 11.1 Å². The number of rotatable bonds is 5. The van der Waals surface area contributed by atoms with E-state index in [9.17, 15) is 9.18 Å². The van der Waals surface area contributed by atoms with Gasteiger partial charge in [0.05, 0.1) is 0 Å². The van der Waals surface area contributed by atoms with E-state index in [2.05, 4.69) is 5.32 Å². The third-order valence-corrected chi connectivity index (χ3v) is 3.11. The van der Waals surface area contributed by atoms with Crippen molar-refractivity contribution in [3.05, 3.63) is 35.1 Å². The summed E-state index contributed by atoms with van der Waals surface area (Å²) in [6, 6.07) is 4.14. The number of primary amides is 1. The minimum absolute atomic E-state index is 0.265. The van der Waals surface area contributed by atoms with E-state index in [1.54, 1.807) is 19.1 Å². The lowest BCUT2D eigenvalue weighted by Gasteiger charge is -2.16. The predicted octanol–water partition coefficient (Wildman–Crippen LogP) is 1.66. The van der Waals surface area contributed by atoms with Crippen LogP contribution in [0.5, 0.6) is 0 Å². The molecular formula is C13H17FN2O. The zero-order chi connectivity index (χ0) is 12.4. The van der Waals surface area contributed by atoms with Crippen molar-refractivity contribution in [3.63, 3.8) is 0 Å². The average Bonchev–Trinajstić information content (AvgIpc) is 3.07. The molecule has 17 heavy (non-hydrogen) atoms. The van der Waals surface area contributed by atoms with Gasteiger partial charge >= 0.3 is 0 Å². The standard InChI is InChI=1S/C13H17FN2O/c1-8-6-10(4-5-11(8)14)12(13(15)17)16-7-9-2-3-9/h4-6,9,12,16H,2-3,7H2,1H3,(H2,15,17). The highest BCUT2D eigenvalue weighted by Gasteiger charge is 2.25. The Bertz CT molecular complexity index is 429. The first-order chi connectivity index (χ1) is 8.08. The van der Waals surface area contributed by atoms with Gasteiger partial charge in [-0.2, -0.15) is 0 Å². The van der Waals surface area contributed by atoms with Gasteiger partial charge in [0.15, 0.2) is 0 Å². The Kier molecular flexibility index (Phi) is 3.43. The van der Waals surface area contributed by atoms with Gasteiger partial charge in [-0.1, -0.05) is 12.1 Å². The molecule has 1 aromatic rings. The van der Waals surface area contributed by atoms with Crippen molar-refractivity contribution < 1.29 is 9.18 Å². The maximum Gasteiger partial charge on any atom is 0.239 e. The molecule has 3 nitrogen and oxygen atoms in total. The lowest BCUT2D eigenvalue weighted by Crippen LogP contribution is -2.34. The lowest BCUT2D eigenvalue weighted by atomic mass is 10.0. The molecular weight excluding hydrogens is 219 g/mol. The van der Waals surface area contributed by atoms with Crippen LogP contribution in [0.4, 0.5) is 4.39 Å². The van der Waals surface area contributed by atoms with Gasteiger partial charge in [0.25, 0.3) is 0 Å². The van der Waals surface area contributed by atoms with Crippen LogP contribution in [0, 0.1) is 18.7 Å². The highest BCUT2D eigenvalue weighted by atomic mass is 19.1. The summed E-state index contributed by atoms with van der Waals surface area (Å²) in [5.74, 6) is -0.0192. The molecule has 1 fully saturated rings. The van der Waals surface area contributed by atoms with E-state index in [4.69, 9.17) is 5.73 Å². The Hall–Kier alpha value is -1.42. The minimum atomic E-state index is -0.519. The van der Waals surface area contributed by atoms with Gasteiger partial charge in [-0.3, -0.25) is 4.79 Å². The first kappa shape index (κ1) is 12.0. The molecule has 1 aliphatic rings. The normalized spacial score (nSPS) is 16.8. The average molecular weight is 236 g/mol. The summed E-state index contributed by atoms with van der Waals surface area (Å²) < 4.78 is 13.2. The van der Waals surface area contributed by atoms with Crippen molar-refractivity contribution in [2.75, 3.05) is 6.54 Å². The third kappa shape index (κ3) is 3.03. The molecule has 0 radical (unpaired) electrons. The summed E-state index contributed by atoms with van der Waals surface area (Å²) in [6.07, 6.45) is 2.42. The molecule has 1 saturated carbocycles. The molecule has 0 bridgehead atoms. The summed E-state index contributed by atoms with van der Waals surface area (Å²) in [6.45, 7) is 2.47. The molecule has 0 heterocycles. The van der Waals surface area contributed by atoms with Gasteiger partial charge in [-0.15, -0.1) is 0 Å². The van der Waals surface area contributed by atoms with Crippen LogP contribution in [0.3, 0.4) is 0 Å². The van der Waals surface area contributed by atoms with Crippen LogP contribution >= 0.6 is 0 Å². The van der Waals surface area contributed by atoms with E-state index in [1.807, 2.05) is 0 Å². The topological polar surface area (TPSA) is 55.1 Å². The number of halogens is 1. The Morgan fingerprint density at radius 1 is 1.59 bits per heavy atom. The molecule has 1 atom stereocenters. The highest BCUT2D eigenvalue weighted by molar-refractivity contribution is 5.81. The van der Waals surface area contributed by atoms with Gasteiger partial charge in [0.2, 0.25) is 5.91 Å². The number of nitrogens with two attached hydrogens (primary N) is 1. The van der Waals surface area contributed by atoms with Crippen molar-refractivity contribution in [1.82, 2.24) is 5.32 Å². The number of carbonyl (C=O) groups is 1. The fourth-order valence-corrected chi connectivity index (χ4v) is 1.84. The molecule has 0 spiro atoms. The third-order valence-electron chi connectivity index (χ3n) is 3.11. The molecule has 92 valence electrons. The zero-order valence-electron chi connectivity index (χ0n) is 9.87. The van der Waals surface area contributed by atoms with Crippen LogP contribution < -0.4 is 11.1 Å². The molecule has 1 aromatic carbocycles. The SMILES string of the molecule is Cc1cc(C(NCC2CC2)C(N)=O)ccc1F. The Labute approximate surface area is 100 Å². The van der Waals surface area contributed by atoms with Crippen LogP contribution in [0.1, 0.15) is 30.0 Å². The van der Waals surface area contributed by atoms with E-state index in [-0.39, 0.29) is 5.82 Å². The van der Waals surface area contributed by atoms with E-state index in [0.29, 0.717) is 11.5 Å². The van der Waals surface area contributed by atoms with E-state index < -0.39 is 11.9 Å². The molecule has 4 heteroatoms. The van der Waals surface area contributed by atoms with Gasteiger partial charge in [-0.25, -0.2) is 4.39 Å². The van der Waals surface area contributed by atoms with Crippen LogP contribution in [-0.2, 0) is 4.79 Å². The molecule has 1 unspecified atom stereocenters. The molecule has 0 aromatic heterocycles. The second-order valence-corrected chi connectivity index (χ2v) is 4.70. The second kappa shape index (κ2) is 4.84. The number of benzene rings is 1. The van der Waals surface area contributed by atoms with Gasteiger partial charge in [-0.05, 0) is 49.4 Å². The highest BCUT2D eigenvalue weighted by Crippen LogP contribution is 2.28. The van der Waals surface area contributed by atoms with E-state index >= 15 is 0 Å². The molecule has 0 aliphatic heterocycles. The molecule has 1 amide bonds. The fraction of sp³-hybridized carbons (Fsp3) is 0.462. The first-order valence-electron chi connectivity index (χ1n) is 5.86. The van der Waals surface area contributed by atoms with Crippen LogP contribution in [0.25, 0.3) is 0 Å². The predicted molar refractivity (Wildman–Crippen MR) is 63.8 cm³/mol. The van der Waals surface area contributed by atoms with Crippen LogP contribution in [-0.4, -0.2) is 12.5 Å². The van der Waals surface area contributed by atoms with E-state index in [0.717, 1.165) is 12.1 Å². The summed E-state index contributed by atoms with van der Waals surface area (Å²) in [4.78, 5) is 11.4. The smallest absolute Gasteiger partial charge is 0.239 e.